The van der Waals surface area contributed by atoms with Gasteiger partial charge in [-0.2, -0.15) is 0 Å². The van der Waals surface area contributed by atoms with Crippen molar-refractivity contribution in [1.29, 1.82) is 0 Å². The molecule has 0 aromatic carbocycles. The molecule has 1 saturated heterocycles. The van der Waals surface area contributed by atoms with Crippen LogP contribution < -0.4 is 0 Å². The maximum atomic E-state index is 12.4. The third kappa shape index (κ3) is 4.33. The van der Waals surface area contributed by atoms with Gasteiger partial charge >= 0.3 is 12.1 Å². The van der Waals surface area contributed by atoms with Crippen molar-refractivity contribution in [3.8, 4) is 0 Å². The highest BCUT2D eigenvalue weighted by atomic mass is 16.6. The molecule has 0 spiro atoms. The molecule has 6 nitrogen and oxygen atoms in total. The van der Waals surface area contributed by atoms with Gasteiger partial charge in [0.25, 0.3) is 0 Å². The summed E-state index contributed by atoms with van der Waals surface area (Å²) in [6, 6.07) is -0.865. The van der Waals surface area contributed by atoms with E-state index in [1.165, 1.54) is 4.90 Å². The Morgan fingerprint density at radius 3 is 2.38 bits per heavy atom. The minimum atomic E-state index is -0.969. The number of amides is 1. The minimum Gasteiger partial charge on any atom is -0.480 e. The molecule has 1 aliphatic heterocycles. The second-order valence-electron chi connectivity index (χ2n) is 6.88. The van der Waals surface area contributed by atoms with Gasteiger partial charge in [-0.25, -0.2) is 9.59 Å². The van der Waals surface area contributed by atoms with Crippen molar-refractivity contribution in [2.75, 3.05) is 13.2 Å². The van der Waals surface area contributed by atoms with Gasteiger partial charge in [0.15, 0.2) is 0 Å². The highest BCUT2D eigenvalue weighted by molar-refractivity contribution is 5.81. The van der Waals surface area contributed by atoms with Crippen LogP contribution in [0.2, 0.25) is 0 Å². The third-order valence-corrected chi connectivity index (χ3v) is 3.74. The van der Waals surface area contributed by atoms with Crippen LogP contribution in [0.5, 0.6) is 0 Å². The fourth-order valence-electron chi connectivity index (χ4n) is 2.72. The molecule has 21 heavy (non-hydrogen) atoms. The van der Waals surface area contributed by atoms with Gasteiger partial charge in [-0.1, -0.05) is 0 Å². The zero-order valence-electron chi connectivity index (χ0n) is 13.0. The lowest BCUT2D eigenvalue weighted by Gasteiger charge is -2.36. The molecule has 1 N–H and O–H groups in total. The van der Waals surface area contributed by atoms with Gasteiger partial charge in [-0.05, 0) is 46.5 Å². The first-order valence-corrected chi connectivity index (χ1v) is 7.61. The number of carbonyl (C=O) groups excluding carboxylic acids is 1. The summed E-state index contributed by atoms with van der Waals surface area (Å²) in [5.41, 5.74) is -0.629. The van der Waals surface area contributed by atoms with E-state index in [1.807, 2.05) is 0 Å². The molecule has 2 unspecified atom stereocenters. The van der Waals surface area contributed by atoms with Crippen molar-refractivity contribution < 1.29 is 24.2 Å². The molecule has 1 saturated carbocycles. The summed E-state index contributed by atoms with van der Waals surface area (Å²) in [4.78, 5) is 25.6. The first-order valence-electron chi connectivity index (χ1n) is 7.61. The molecule has 2 fully saturated rings. The van der Waals surface area contributed by atoms with E-state index in [-0.39, 0.29) is 12.0 Å². The fraction of sp³-hybridized carbons (Fsp3) is 0.867. The van der Waals surface area contributed by atoms with E-state index < -0.39 is 23.7 Å². The molecule has 0 radical (unpaired) electrons. The molecular weight excluding hydrogens is 274 g/mol. The predicted molar refractivity (Wildman–Crippen MR) is 76.1 cm³/mol. The predicted octanol–water partition coefficient (Wildman–Crippen LogP) is 2.27. The summed E-state index contributed by atoms with van der Waals surface area (Å²) in [5, 5.41) is 9.61. The Balaban J connectivity index is 2.16. The Hall–Kier alpha value is -1.30. The number of nitrogens with zero attached hydrogens (tertiary/aromatic N) is 1. The Kier molecular flexibility index (Phi) is 4.76. The van der Waals surface area contributed by atoms with Crippen LogP contribution in [0, 0.1) is 5.92 Å². The molecule has 2 rings (SSSR count). The fourth-order valence-corrected chi connectivity index (χ4v) is 2.72. The van der Waals surface area contributed by atoms with Crippen molar-refractivity contribution in [2.45, 2.75) is 64.1 Å². The van der Waals surface area contributed by atoms with Gasteiger partial charge < -0.3 is 14.6 Å². The monoisotopic (exact) mass is 299 g/mol. The molecule has 1 amide bonds. The summed E-state index contributed by atoms with van der Waals surface area (Å²) in [6.45, 7) is 6.42. The number of hydrogen-bond donors (Lipinski definition) is 1. The highest BCUT2D eigenvalue weighted by Gasteiger charge is 2.46. The highest BCUT2D eigenvalue weighted by Crippen LogP contribution is 2.34. The second kappa shape index (κ2) is 6.22. The van der Waals surface area contributed by atoms with E-state index in [0.29, 0.717) is 13.2 Å². The van der Waals surface area contributed by atoms with E-state index in [2.05, 4.69) is 0 Å². The van der Waals surface area contributed by atoms with Crippen molar-refractivity contribution in [2.24, 2.45) is 5.92 Å². The topological polar surface area (TPSA) is 76.1 Å². The van der Waals surface area contributed by atoms with E-state index in [9.17, 15) is 14.7 Å². The minimum absolute atomic E-state index is 0.0112. The van der Waals surface area contributed by atoms with Crippen molar-refractivity contribution in [3.05, 3.63) is 0 Å². The van der Waals surface area contributed by atoms with Gasteiger partial charge in [-0.3, -0.25) is 4.90 Å². The first kappa shape index (κ1) is 16.1. The van der Waals surface area contributed by atoms with Crippen LogP contribution in [-0.4, -0.2) is 53.0 Å². The number of aliphatic carboxylic acids is 1. The van der Waals surface area contributed by atoms with Crippen molar-refractivity contribution >= 4 is 12.1 Å². The van der Waals surface area contributed by atoms with Crippen LogP contribution >= 0.6 is 0 Å². The standard InChI is InChI=1S/C15H25NO5/c1-15(2,3)21-14(19)16(11-6-7-11)12(13(17)18)10-5-4-8-20-9-10/h10-12H,4-9H2,1-3H3,(H,17,18). The number of ether oxygens (including phenoxy) is 2. The molecular formula is C15H25NO5. The van der Waals surface area contributed by atoms with Gasteiger partial charge in [-0.15, -0.1) is 0 Å². The Bertz CT molecular complexity index is 393. The van der Waals surface area contributed by atoms with Crippen LogP contribution in [0.3, 0.4) is 0 Å². The molecule has 2 aliphatic rings. The maximum Gasteiger partial charge on any atom is 0.411 e. The van der Waals surface area contributed by atoms with Crippen LogP contribution in [0.4, 0.5) is 4.79 Å². The smallest absolute Gasteiger partial charge is 0.411 e. The Morgan fingerprint density at radius 1 is 1.29 bits per heavy atom. The van der Waals surface area contributed by atoms with Gasteiger partial charge in [0.05, 0.1) is 6.61 Å². The lowest BCUT2D eigenvalue weighted by atomic mass is 9.92. The summed E-state index contributed by atoms with van der Waals surface area (Å²) in [6.07, 6.45) is 2.76. The Morgan fingerprint density at radius 2 is 1.95 bits per heavy atom. The lowest BCUT2D eigenvalue weighted by molar-refractivity contribution is -0.148. The van der Waals surface area contributed by atoms with E-state index in [4.69, 9.17) is 9.47 Å². The second-order valence-corrected chi connectivity index (χ2v) is 6.88. The number of carbonyl (C=O) groups is 2. The molecule has 0 aromatic heterocycles. The van der Waals surface area contributed by atoms with E-state index in [1.54, 1.807) is 20.8 Å². The van der Waals surface area contributed by atoms with Crippen LogP contribution in [0.25, 0.3) is 0 Å². The lowest BCUT2D eigenvalue weighted by Crippen LogP contribution is -2.53. The SMILES string of the molecule is CC(C)(C)OC(=O)N(C1CC1)C(C(=O)O)C1CCCOC1. The summed E-state index contributed by atoms with van der Waals surface area (Å²) in [7, 11) is 0. The molecule has 0 bridgehead atoms. The number of carboxylic acid groups (broad SMARTS) is 1. The quantitative estimate of drug-likeness (QED) is 0.861. The molecule has 1 heterocycles. The number of rotatable bonds is 4. The summed E-state index contributed by atoms with van der Waals surface area (Å²) < 4.78 is 10.8. The van der Waals surface area contributed by atoms with E-state index >= 15 is 0 Å². The number of carboxylic acids is 1. The Labute approximate surface area is 125 Å². The van der Waals surface area contributed by atoms with Crippen LogP contribution in [0.15, 0.2) is 0 Å². The third-order valence-electron chi connectivity index (χ3n) is 3.74. The van der Waals surface area contributed by atoms with Crippen molar-refractivity contribution in [1.82, 2.24) is 4.90 Å². The van der Waals surface area contributed by atoms with Gasteiger partial charge in [0.2, 0.25) is 0 Å². The normalized spacial score (nSPS) is 24.2. The molecule has 0 aromatic rings. The largest absolute Gasteiger partial charge is 0.480 e. The molecule has 6 heteroatoms. The maximum absolute atomic E-state index is 12.4. The summed E-state index contributed by atoms with van der Waals surface area (Å²) in [5.74, 6) is -1.13. The van der Waals surface area contributed by atoms with Gasteiger partial charge in [0, 0.05) is 18.6 Å². The van der Waals surface area contributed by atoms with Gasteiger partial charge in [0.1, 0.15) is 11.6 Å². The molecule has 1 aliphatic carbocycles. The van der Waals surface area contributed by atoms with Crippen molar-refractivity contribution in [3.63, 3.8) is 0 Å². The first-order chi connectivity index (χ1) is 9.79. The number of hydrogen-bond acceptors (Lipinski definition) is 4. The zero-order valence-corrected chi connectivity index (χ0v) is 13.0. The zero-order chi connectivity index (χ0) is 15.6. The molecule has 2 atom stereocenters. The average molecular weight is 299 g/mol. The molecule has 120 valence electrons. The average Bonchev–Trinajstić information content (AvgIpc) is 3.18. The van der Waals surface area contributed by atoms with Crippen LogP contribution in [0.1, 0.15) is 46.5 Å². The van der Waals surface area contributed by atoms with Crippen LogP contribution in [-0.2, 0) is 14.3 Å². The summed E-state index contributed by atoms with van der Waals surface area (Å²) >= 11 is 0. The van der Waals surface area contributed by atoms with E-state index in [0.717, 1.165) is 25.7 Å².